The third-order valence-corrected chi connectivity index (χ3v) is 8.95. The molecule has 0 unspecified atom stereocenters. The number of piperidine rings is 1. The number of piperazine rings is 1. The summed E-state index contributed by atoms with van der Waals surface area (Å²) in [5, 5.41) is 13.2. The summed E-state index contributed by atoms with van der Waals surface area (Å²) in [4.78, 5) is 43.7. The lowest BCUT2D eigenvalue weighted by atomic mass is 9.95. The minimum atomic E-state index is -0.700. The van der Waals surface area contributed by atoms with E-state index in [1.54, 1.807) is 23.1 Å². The number of benzene rings is 4. The molecule has 44 heavy (non-hydrogen) atoms. The van der Waals surface area contributed by atoms with Gasteiger partial charge in [-0.3, -0.25) is 29.5 Å². The van der Waals surface area contributed by atoms with Gasteiger partial charge in [-0.05, 0) is 65.3 Å². The fourth-order valence-electron chi connectivity index (χ4n) is 6.68. The van der Waals surface area contributed by atoms with Crippen molar-refractivity contribution < 1.29 is 18.8 Å². The third-order valence-electron chi connectivity index (χ3n) is 8.95. The van der Waals surface area contributed by atoms with Gasteiger partial charge in [0.2, 0.25) is 11.8 Å². The van der Waals surface area contributed by atoms with E-state index in [-0.39, 0.29) is 24.1 Å². The van der Waals surface area contributed by atoms with E-state index < -0.39 is 11.9 Å². The summed E-state index contributed by atoms with van der Waals surface area (Å²) < 4.78 is 14.5. The second-order valence-corrected chi connectivity index (χ2v) is 11.6. The molecule has 0 saturated carbocycles. The third kappa shape index (κ3) is 4.97. The molecule has 3 heterocycles. The average molecular weight is 588 g/mol. The highest BCUT2D eigenvalue weighted by Gasteiger charge is 2.40. The Morgan fingerprint density at radius 3 is 2.36 bits per heavy atom. The van der Waals surface area contributed by atoms with Gasteiger partial charge in [0.25, 0.3) is 5.91 Å². The maximum Gasteiger partial charge on any atom is 0.259 e. The number of nitriles is 1. The largest absolute Gasteiger partial charge is 0.367 e. The molecule has 8 nitrogen and oxygen atoms in total. The number of hydrogen-bond acceptors (Lipinski definition) is 6. The van der Waals surface area contributed by atoms with Crippen molar-refractivity contribution in [1.82, 2.24) is 10.2 Å². The first-order valence-corrected chi connectivity index (χ1v) is 14.9. The number of halogens is 1. The Hall–Kier alpha value is -5.07. The van der Waals surface area contributed by atoms with Gasteiger partial charge >= 0.3 is 0 Å². The van der Waals surface area contributed by atoms with Crippen molar-refractivity contribution >= 4 is 39.9 Å². The zero-order valence-electron chi connectivity index (χ0n) is 24.1. The molecule has 0 spiro atoms. The molecule has 4 aromatic carbocycles. The van der Waals surface area contributed by atoms with Crippen LogP contribution in [0.4, 0.5) is 15.8 Å². The molecule has 0 aromatic heterocycles. The summed E-state index contributed by atoms with van der Waals surface area (Å²) in [7, 11) is 0. The van der Waals surface area contributed by atoms with E-state index in [0.717, 1.165) is 60.3 Å². The number of carbonyl (C=O) groups is 3. The molecule has 3 aliphatic rings. The van der Waals surface area contributed by atoms with E-state index in [9.17, 15) is 18.8 Å². The van der Waals surface area contributed by atoms with Crippen LogP contribution in [0.5, 0.6) is 0 Å². The predicted molar refractivity (Wildman–Crippen MR) is 165 cm³/mol. The molecule has 3 aliphatic heterocycles. The van der Waals surface area contributed by atoms with Crippen LogP contribution in [0.3, 0.4) is 0 Å². The Balaban J connectivity index is 1.03. The molecule has 1 atom stereocenters. The molecule has 220 valence electrons. The molecule has 7 rings (SSSR count). The zero-order chi connectivity index (χ0) is 30.4. The molecule has 0 bridgehead atoms. The van der Waals surface area contributed by atoms with Gasteiger partial charge in [-0.15, -0.1) is 0 Å². The Bertz CT molecular complexity index is 1860. The van der Waals surface area contributed by atoms with E-state index in [2.05, 4.69) is 34.5 Å². The van der Waals surface area contributed by atoms with Gasteiger partial charge < -0.3 is 4.90 Å². The summed E-state index contributed by atoms with van der Waals surface area (Å²) in [5.41, 5.74) is 5.64. The Labute approximate surface area is 254 Å². The summed E-state index contributed by atoms with van der Waals surface area (Å²) in [6.07, 6.45) is 1.22. The lowest BCUT2D eigenvalue weighted by Crippen LogP contribution is -2.53. The summed E-state index contributed by atoms with van der Waals surface area (Å²) in [6.45, 7) is 3.88. The Kier molecular flexibility index (Phi) is 7.07. The van der Waals surface area contributed by atoms with Crippen LogP contribution < -0.4 is 15.1 Å². The van der Waals surface area contributed by atoms with Crippen LogP contribution in [0.2, 0.25) is 0 Å². The van der Waals surface area contributed by atoms with Crippen molar-refractivity contribution in [3.8, 4) is 6.07 Å². The fourth-order valence-corrected chi connectivity index (χ4v) is 6.68. The highest BCUT2D eigenvalue weighted by atomic mass is 19.1. The van der Waals surface area contributed by atoms with Crippen LogP contribution >= 0.6 is 0 Å². The molecule has 2 fully saturated rings. The van der Waals surface area contributed by atoms with Gasteiger partial charge in [0.15, 0.2) is 0 Å². The first kappa shape index (κ1) is 27.7. The lowest BCUT2D eigenvalue weighted by Gasteiger charge is -2.36. The lowest BCUT2D eigenvalue weighted by molar-refractivity contribution is -0.134. The summed E-state index contributed by atoms with van der Waals surface area (Å²) >= 11 is 0. The van der Waals surface area contributed by atoms with Gasteiger partial charge in [0.05, 0.1) is 23.0 Å². The van der Waals surface area contributed by atoms with Crippen LogP contribution in [-0.4, -0.2) is 54.8 Å². The van der Waals surface area contributed by atoms with E-state index in [4.69, 9.17) is 5.26 Å². The van der Waals surface area contributed by atoms with Gasteiger partial charge in [-0.1, -0.05) is 42.5 Å². The Morgan fingerprint density at radius 2 is 1.64 bits per heavy atom. The normalized spacial score (nSPS) is 18.5. The van der Waals surface area contributed by atoms with Gasteiger partial charge in [-0.2, -0.15) is 5.26 Å². The van der Waals surface area contributed by atoms with E-state index in [0.29, 0.717) is 29.7 Å². The molecule has 0 radical (unpaired) electrons. The number of nitrogens with zero attached hydrogens (tertiary/aromatic N) is 4. The second kappa shape index (κ2) is 11.2. The van der Waals surface area contributed by atoms with Crippen molar-refractivity contribution in [3.05, 3.63) is 106 Å². The van der Waals surface area contributed by atoms with Crippen LogP contribution in [0.1, 0.15) is 45.5 Å². The van der Waals surface area contributed by atoms with E-state index >= 15 is 0 Å². The predicted octanol–water partition coefficient (Wildman–Crippen LogP) is 4.53. The molecule has 1 N–H and O–H groups in total. The fraction of sp³-hybridized carbons (Fsp3) is 0.257. The zero-order valence-corrected chi connectivity index (χ0v) is 24.1. The van der Waals surface area contributed by atoms with Crippen molar-refractivity contribution in [2.24, 2.45) is 0 Å². The van der Waals surface area contributed by atoms with Crippen molar-refractivity contribution in [1.29, 1.82) is 5.26 Å². The highest BCUT2D eigenvalue weighted by molar-refractivity contribution is 6.27. The van der Waals surface area contributed by atoms with Crippen LogP contribution in [0, 0.1) is 17.1 Å². The van der Waals surface area contributed by atoms with Crippen molar-refractivity contribution in [2.45, 2.75) is 31.8 Å². The first-order valence-electron chi connectivity index (χ1n) is 14.9. The molecular weight excluding hydrogens is 557 g/mol. The minimum Gasteiger partial charge on any atom is -0.367 e. The number of rotatable bonds is 6. The smallest absolute Gasteiger partial charge is 0.259 e. The maximum absolute atomic E-state index is 14.5. The van der Waals surface area contributed by atoms with Gasteiger partial charge in [0, 0.05) is 50.1 Å². The highest BCUT2D eigenvalue weighted by Crippen LogP contribution is 2.41. The van der Waals surface area contributed by atoms with Crippen LogP contribution in [0.25, 0.3) is 10.8 Å². The first-order chi connectivity index (χ1) is 21.4. The molecule has 9 heteroatoms. The quantitative estimate of drug-likeness (QED) is 0.333. The Morgan fingerprint density at radius 1 is 0.886 bits per heavy atom. The standard InChI is InChI=1S/C35H30FN5O3/c36-28-19-24(20-37)8-10-29(28)40-16-14-39(15-17-40)21-23-6-4-22(5-7-23)18-25-9-11-30-33-26(25)2-1-3-27(33)35(44)41(30)31-12-13-32(42)38-34(31)43/h1-11,19,31H,12-18,21H2,(H,38,42,43)/t31-/m0/s1. The number of imide groups is 1. The van der Waals surface area contributed by atoms with Gasteiger partial charge in [0.1, 0.15) is 11.9 Å². The molecule has 2 saturated heterocycles. The SMILES string of the molecule is N#Cc1ccc(N2CCN(Cc3ccc(Cc4ccc5c6c(cccc46)C(=O)N5[C@H]4CCC(=O)NC4=O)cc3)CC2)c(F)c1. The van der Waals surface area contributed by atoms with E-state index in [1.807, 2.05) is 35.2 Å². The summed E-state index contributed by atoms with van der Waals surface area (Å²) in [5.74, 6) is -1.29. The van der Waals surface area contributed by atoms with Crippen molar-refractivity contribution in [2.75, 3.05) is 36.0 Å². The molecule has 0 aliphatic carbocycles. The minimum absolute atomic E-state index is 0.204. The average Bonchev–Trinajstić information content (AvgIpc) is 3.32. The number of nitrogens with one attached hydrogen (secondary N) is 1. The molecule has 3 amide bonds. The number of hydrogen-bond donors (Lipinski definition) is 1. The number of amides is 3. The number of anilines is 2. The van der Waals surface area contributed by atoms with Gasteiger partial charge in [-0.25, -0.2) is 4.39 Å². The van der Waals surface area contributed by atoms with Crippen LogP contribution in [0.15, 0.2) is 72.8 Å². The number of carbonyl (C=O) groups excluding carboxylic acids is 3. The molecular formula is C35H30FN5O3. The topological polar surface area (TPSA) is 96.8 Å². The maximum atomic E-state index is 14.5. The van der Waals surface area contributed by atoms with Crippen molar-refractivity contribution in [3.63, 3.8) is 0 Å². The molecule has 4 aromatic rings. The second-order valence-electron chi connectivity index (χ2n) is 11.6. The summed E-state index contributed by atoms with van der Waals surface area (Å²) in [6, 6.07) is 24.2. The monoisotopic (exact) mass is 587 g/mol. The van der Waals surface area contributed by atoms with E-state index in [1.165, 1.54) is 11.6 Å². The van der Waals surface area contributed by atoms with Crippen LogP contribution in [-0.2, 0) is 22.6 Å².